The van der Waals surface area contributed by atoms with Gasteiger partial charge in [-0.05, 0) is 125 Å². The molecule has 1 saturated heterocycles. The normalized spacial score (nSPS) is 37.2. The van der Waals surface area contributed by atoms with Crippen molar-refractivity contribution in [2.24, 2.45) is 34.5 Å². The van der Waals surface area contributed by atoms with Crippen molar-refractivity contribution in [3.63, 3.8) is 0 Å². The molecule has 0 aromatic rings. The number of nitrogens with one attached hydrogen (secondary N) is 1. The minimum atomic E-state index is 0.597. The lowest BCUT2D eigenvalue weighted by atomic mass is 9.42. The highest BCUT2D eigenvalue weighted by molar-refractivity contribution is 5.26. The van der Waals surface area contributed by atoms with Gasteiger partial charge in [0.15, 0.2) is 0 Å². The largest absolute Gasteiger partial charge is 0.378 e. The van der Waals surface area contributed by atoms with Crippen LogP contribution in [0.5, 0.6) is 0 Å². The summed E-state index contributed by atoms with van der Waals surface area (Å²) < 4.78 is 5.80. The van der Waals surface area contributed by atoms with Crippen molar-refractivity contribution < 1.29 is 4.74 Å². The summed E-state index contributed by atoms with van der Waals surface area (Å²) in [5.74, 6) is 3.97. The second kappa shape index (κ2) is 12.3. The van der Waals surface area contributed by atoms with Gasteiger partial charge < -0.3 is 10.1 Å². The summed E-state index contributed by atoms with van der Waals surface area (Å²) in [5, 5.41) is 3.50. The molecule has 0 amide bonds. The molecule has 5 unspecified atom stereocenters. The predicted molar refractivity (Wildman–Crippen MR) is 151 cm³/mol. The van der Waals surface area contributed by atoms with Gasteiger partial charge in [-0.15, -0.1) is 0 Å². The summed E-state index contributed by atoms with van der Waals surface area (Å²) in [4.78, 5) is 0. The number of hydrogen-bond acceptors (Lipinski definition) is 2. The molecule has 35 heavy (non-hydrogen) atoms. The summed E-state index contributed by atoms with van der Waals surface area (Å²) in [6.45, 7) is 14.5. The van der Waals surface area contributed by atoms with E-state index >= 15 is 0 Å². The van der Waals surface area contributed by atoms with E-state index in [0.29, 0.717) is 11.5 Å². The van der Waals surface area contributed by atoms with Gasteiger partial charge >= 0.3 is 0 Å². The lowest BCUT2D eigenvalue weighted by Crippen LogP contribution is -2.57. The van der Waals surface area contributed by atoms with Crippen LogP contribution in [0.15, 0.2) is 23.3 Å². The van der Waals surface area contributed by atoms with Crippen LogP contribution in [-0.2, 0) is 4.74 Å². The Balaban J connectivity index is 0.000000173. The summed E-state index contributed by atoms with van der Waals surface area (Å²) in [7, 11) is 0. The van der Waals surface area contributed by atoms with Crippen LogP contribution in [0.4, 0.5) is 0 Å². The second-order valence-electron chi connectivity index (χ2n) is 13.0. The van der Waals surface area contributed by atoms with Crippen molar-refractivity contribution >= 4 is 0 Å². The lowest BCUT2D eigenvalue weighted by molar-refractivity contribution is -0.162. The topological polar surface area (TPSA) is 21.3 Å². The Morgan fingerprint density at radius 3 is 2.23 bits per heavy atom. The molecule has 0 spiro atoms. The highest BCUT2D eigenvalue weighted by Gasteiger charge is 2.69. The molecular weight excluding hydrogens is 426 g/mol. The molecule has 0 bridgehead atoms. The summed E-state index contributed by atoms with van der Waals surface area (Å²) in [6, 6.07) is 0. The van der Waals surface area contributed by atoms with Crippen molar-refractivity contribution in [1.29, 1.82) is 0 Å². The first-order chi connectivity index (χ1) is 17.0. The zero-order chi connectivity index (χ0) is 24.9. The van der Waals surface area contributed by atoms with Gasteiger partial charge in [-0.1, -0.05) is 70.3 Å². The van der Waals surface area contributed by atoms with E-state index in [1.54, 1.807) is 11.1 Å². The van der Waals surface area contributed by atoms with Crippen LogP contribution in [0.25, 0.3) is 0 Å². The molecule has 200 valence electrons. The Labute approximate surface area is 218 Å². The Morgan fingerprint density at radius 2 is 1.63 bits per heavy atom. The molecule has 6 aliphatic rings. The lowest BCUT2D eigenvalue weighted by Gasteiger charge is -2.63. The number of allylic oxidation sites excluding steroid dienone is 4. The molecule has 5 fully saturated rings. The van der Waals surface area contributed by atoms with Crippen LogP contribution in [0.2, 0.25) is 0 Å². The zero-order valence-electron chi connectivity index (χ0n) is 24.0. The van der Waals surface area contributed by atoms with Crippen LogP contribution in [0, 0.1) is 34.5 Å². The monoisotopic (exact) mass is 483 g/mol. The molecular formula is C33H57NO. The van der Waals surface area contributed by atoms with Crippen LogP contribution in [0.3, 0.4) is 0 Å². The van der Waals surface area contributed by atoms with Gasteiger partial charge in [0, 0.05) is 6.61 Å². The van der Waals surface area contributed by atoms with Crippen LogP contribution in [0.1, 0.15) is 125 Å². The maximum absolute atomic E-state index is 5.80. The van der Waals surface area contributed by atoms with E-state index in [4.69, 9.17) is 4.74 Å². The van der Waals surface area contributed by atoms with E-state index in [-0.39, 0.29) is 0 Å². The standard InChI is InChI=1S/C20H33N.C11H18O.C2H6/c1-20(13-15-21-16-14-20)12-11-17-7-9-19(10-8-17)18-5-3-2-4-6-18;1-3-12-10-6-8-4-7-5-9(10)11(7,8)2;1-2/h7,9,18,21H,2-6,8,10-16H2,1H3;7-10H,3-6H2,1-2H3;1-2H3. The summed E-state index contributed by atoms with van der Waals surface area (Å²) in [5.41, 5.74) is 4.82. The van der Waals surface area contributed by atoms with E-state index in [1.807, 2.05) is 13.8 Å². The van der Waals surface area contributed by atoms with Gasteiger partial charge in [0.2, 0.25) is 0 Å². The van der Waals surface area contributed by atoms with E-state index in [2.05, 4.69) is 38.2 Å². The molecule has 1 heterocycles. The van der Waals surface area contributed by atoms with E-state index in [0.717, 1.165) is 35.7 Å². The van der Waals surface area contributed by atoms with Crippen molar-refractivity contribution in [2.45, 2.75) is 131 Å². The van der Waals surface area contributed by atoms with E-state index in [9.17, 15) is 0 Å². The number of hydrogen-bond donors (Lipinski definition) is 1. The fourth-order valence-electron chi connectivity index (χ4n) is 8.59. The summed E-state index contributed by atoms with van der Waals surface area (Å²) >= 11 is 0. The zero-order valence-corrected chi connectivity index (χ0v) is 24.0. The van der Waals surface area contributed by atoms with Gasteiger partial charge in [0.05, 0.1) is 6.10 Å². The molecule has 2 heteroatoms. The van der Waals surface area contributed by atoms with Crippen molar-refractivity contribution in [3.05, 3.63) is 23.3 Å². The van der Waals surface area contributed by atoms with Crippen LogP contribution in [-0.4, -0.2) is 25.8 Å². The van der Waals surface area contributed by atoms with E-state index < -0.39 is 0 Å². The Kier molecular flexibility index (Phi) is 9.64. The molecule has 1 N–H and O–H groups in total. The van der Waals surface area contributed by atoms with Crippen molar-refractivity contribution in [1.82, 2.24) is 5.32 Å². The van der Waals surface area contributed by atoms with E-state index in [1.165, 1.54) is 103 Å². The highest BCUT2D eigenvalue weighted by atomic mass is 16.5. The van der Waals surface area contributed by atoms with Gasteiger partial charge in [-0.25, -0.2) is 0 Å². The van der Waals surface area contributed by atoms with Gasteiger partial charge in [0.1, 0.15) is 0 Å². The van der Waals surface area contributed by atoms with Crippen LogP contribution < -0.4 is 5.32 Å². The Morgan fingerprint density at radius 1 is 0.914 bits per heavy atom. The minimum absolute atomic E-state index is 0.597. The van der Waals surface area contributed by atoms with Crippen LogP contribution >= 0.6 is 0 Å². The average Bonchev–Trinajstić information content (AvgIpc) is 3.07. The number of ether oxygens (including phenoxy) is 1. The summed E-state index contributed by atoms with van der Waals surface area (Å²) in [6.07, 6.45) is 25.4. The maximum Gasteiger partial charge on any atom is 0.0611 e. The molecule has 4 saturated carbocycles. The second-order valence-corrected chi connectivity index (χ2v) is 13.0. The molecule has 0 aromatic heterocycles. The number of rotatable bonds is 6. The third-order valence-corrected chi connectivity index (χ3v) is 11.3. The Hall–Kier alpha value is -0.600. The fourth-order valence-corrected chi connectivity index (χ4v) is 8.59. The highest BCUT2D eigenvalue weighted by Crippen LogP contribution is 2.74. The van der Waals surface area contributed by atoms with Crippen molar-refractivity contribution in [3.8, 4) is 0 Å². The quantitative estimate of drug-likeness (QED) is 0.407. The third-order valence-electron chi connectivity index (χ3n) is 11.3. The fraction of sp³-hybridized carbons (Fsp3) is 0.879. The number of piperidine rings is 1. The van der Waals surface area contributed by atoms with Gasteiger partial charge in [0.25, 0.3) is 0 Å². The first kappa shape index (κ1) is 27.4. The molecule has 0 radical (unpaired) electrons. The molecule has 0 aromatic carbocycles. The third kappa shape index (κ3) is 5.95. The average molecular weight is 484 g/mol. The first-order valence-electron chi connectivity index (χ1n) is 15.7. The molecule has 5 aliphatic carbocycles. The predicted octanol–water partition coefficient (Wildman–Crippen LogP) is 8.87. The Bertz CT molecular complexity index is 725. The molecule has 6 rings (SSSR count). The molecule has 5 atom stereocenters. The van der Waals surface area contributed by atoms with Gasteiger partial charge in [-0.3, -0.25) is 0 Å². The SMILES string of the molecule is CC.CC1(CCC2=CC=C(C3CCCCC3)CC2)CCNCC1.CCOC1CC2CC3CC1C23C. The molecule has 1 aliphatic heterocycles. The smallest absolute Gasteiger partial charge is 0.0611 e. The molecule has 2 nitrogen and oxygen atoms in total. The minimum Gasteiger partial charge on any atom is -0.378 e. The first-order valence-corrected chi connectivity index (χ1v) is 15.7. The van der Waals surface area contributed by atoms with Crippen molar-refractivity contribution in [2.75, 3.05) is 19.7 Å². The van der Waals surface area contributed by atoms with Gasteiger partial charge in [-0.2, -0.15) is 0 Å². The maximum atomic E-state index is 5.80.